The molecule has 16 heavy (non-hydrogen) atoms. The van der Waals surface area contributed by atoms with Gasteiger partial charge in [-0.25, -0.2) is 4.79 Å². The van der Waals surface area contributed by atoms with E-state index in [9.17, 15) is 4.79 Å². The summed E-state index contributed by atoms with van der Waals surface area (Å²) in [7, 11) is 0. The molecule has 0 fully saturated rings. The van der Waals surface area contributed by atoms with E-state index >= 15 is 0 Å². The Morgan fingerprint density at radius 2 is 2.31 bits per heavy atom. The Balaban J connectivity index is 2.66. The van der Waals surface area contributed by atoms with Gasteiger partial charge in [0.1, 0.15) is 0 Å². The molecule has 1 aromatic heterocycles. The summed E-state index contributed by atoms with van der Waals surface area (Å²) in [6, 6.07) is 0. The molecule has 1 atom stereocenters. The summed E-state index contributed by atoms with van der Waals surface area (Å²) in [6.07, 6.45) is 3.43. The summed E-state index contributed by atoms with van der Waals surface area (Å²) in [5.41, 5.74) is 0. The minimum atomic E-state index is -0.946. The molecule has 0 aliphatic carbocycles. The van der Waals surface area contributed by atoms with E-state index in [1.54, 1.807) is 17.1 Å². The Labute approximate surface area is 95.0 Å². The van der Waals surface area contributed by atoms with Gasteiger partial charge in [-0.1, -0.05) is 20.8 Å². The molecular formula is C11H18N2O3. The van der Waals surface area contributed by atoms with Gasteiger partial charge in [-0.3, -0.25) is 4.68 Å². The third kappa shape index (κ3) is 3.25. The molecule has 0 saturated heterocycles. The average Bonchev–Trinajstić information content (AvgIpc) is 2.61. The van der Waals surface area contributed by atoms with Gasteiger partial charge in [-0.05, 0) is 6.42 Å². The Kier molecular flexibility index (Phi) is 4.34. The summed E-state index contributed by atoms with van der Waals surface area (Å²) in [6.45, 7) is 6.49. The van der Waals surface area contributed by atoms with Gasteiger partial charge in [-0.15, -0.1) is 0 Å². The second-order valence-corrected chi connectivity index (χ2v) is 4.06. The van der Waals surface area contributed by atoms with E-state index in [0.29, 0.717) is 5.75 Å². The quantitative estimate of drug-likeness (QED) is 0.803. The largest absolute Gasteiger partial charge is 0.478 e. The van der Waals surface area contributed by atoms with Crippen molar-refractivity contribution in [1.82, 2.24) is 9.78 Å². The van der Waals surface area contributed by atoms with E-state index < -0.39 is 12.1 Å². The number of hydrogen-bond donors (Lipinski definition) is 1. The lowest BCUT2D eigenvalue weighted by Gasteiger charge is -2.16. The number of aryl methyl sites for hydroxylation is 1. The van der Waals surface area contributed by atoms with Crippen LogP contribution in [0.25, 0.3) is 0 Å². The second-order valence-electron chi connectivity index (χ2n) is 4.06. The Hall–Kier alpha value is -1.52. The first-order valence-electron chi connectivity index (χ1n) is 5.46. The van der Waals surface area contributed by atoms with Gasteiger partial charge in [0.25, 0.3) is 0 Å². The molecule has 0 aliphatic heterocycles. The summed E-state index contributed by atoms with van der Waals surface area (Å²) in [5, 5.41) is 13.0. The van der Waals surface area contributed by atoms with Crippen molar-refractivity contribution in [3.63, 3.8) is 0 Å². The van der Waals surface area contributed by atoms with Crippen LogP contribution in [0.2, 0.25) is 0 Å². The highest BCUT2D eigenvalue weighted by Gasteiger charge is 2.23. The van der Waals surface area contributed by atoms with Crippen LogP contribution in [0.1, 0.15) is 27.2 Å². The molecule has 0 amide bonds. The molecule has 0 radical (unpaired) electrons. The Bertz CT molecular complexity index is 347. The van der Waals surface area contributed by atoms with Crippen molar-refractivity contribution in [3.05, 3.63) is 12.4 Å². The predicted molar refractivity (Wildman–Crippen MR) is 59.4 cm³/mol. The van der Waals surface area contributed by atoms with Crippen LogP contribution in [0, 0.1) is 5.92 Å². The van der Waals surface area contributed by atoms with Gasteiger partial charge >= 0.3 is 5.97 Å². The summed E-state index contributed by atoms with van der Waals surface area (Å²) >= 11 is 0. The maximum atomic E-state index is 10.9. The van der Waals surface area contributed by atoms with Gasteiger partial charge in [0, 0.05) is 12.5 Å². The third-order valence-corrected chi connectivity index (χ3v) is 2.17. The lowest BCUT2D eigenvalue weighted by molar-refractivity contribution is -0.147. The van der Waals surface area contributed by atoms with Crippen LogP contribution in [0.4, 0.5) is 0 Å². The number of rotatable bonds is 6. The number of nitrogens with zero attached hydrogens (tertiary/aromatic N) is 2. The number of hydrogen-bond acceptors (Lipinski definition) is 3. The SMILES string of the molecule is CCCn1cc(OC(C(=O)O)C(C)C)cn1. The number of aliphatic carboxylic acids is 1. The fourth-order valence-electron chi connectivity index (χ4n) is 1.38. The predicted octanol–water partition coefficient (Wildman–Crippen LogP) is 1.78. The van der Waals surface area contributed by atoms with Crippen molar-refractivity contribution >= 4 is 5.97 Å². The molecule has 90 valence electrons. The maximum Gasteiger partial charge on any atom is 0.345 e. The first-order valence-corrected chi connectivity index (χ1v) is 5.46. The lowest BCUT2D eigenvalue weighted by Crippen LogP contribution is -2.32. The molecule has 1 N–H and O–H groups in total. The van der Waals surface area contributed by atoms with Crippen molar-refractivity contribution in [1.29, 1.82) is 0 Å². The molecule has 1 heterocycles. The zero-order chi connectivity index (χ0) is 12.1. The summed E-state index contributed by atoms with van der Waals surface area (Å²) in [4.78, 5) is 10.9. The molecule has 5 nitrogen and oxygen atoms in total. The van der Waals surface area contributed by atoms with E-state index in [-0.39, 0.29) is 5.92 Å². The molecule has 1 unspecified atom stereocenters. The molecule has 1 aromatic rings. The molecule has 0 bridgehead atoms. The fourth-order valence-corrected chi connectivity index (χ4v) is 1.38. The number of carboxylic acid groups (broad SMARTS) is 1. The van der Waals surface area contributed by atoms with E-state index in [4.69, 9.17) is 9.84 Å². The molecule has 0 aliphatic rings. The minimum absolute atomic E-state index is 0.0768. The van der Waals surface area contributed by atoms with Crippen LogP contribution in [0.3, 0.4) is 0 Å². The molecule has 0 spiro atoms. The number of carbonyl (C=O) groups is 1. The van der Waals surface area contributed by atoms with Gasteiger partial charge in [-0.2, -0.15) is 5.10 Å². The van der Waals surface area contributed by atoms with Gasteiger partial charge in [0.2, 0.25) is 0 Å². The van der Waals surface area contributed by atoms with E-state index in [2.05, 4.69) is 12.0 Å². The number of carboxylic acids is 1. The second kappa shape index (κ2) is 5.53. The van der Waals surface area contributed by atoms with Crippen LogP contribution in [0.5, 0.6) is 5.75 Å². The monoisotopic (exact) mass is 226 g/mol. The van der Waals surface area contributed by atoms with Crippen LogP contribution in [-0.2, 0) is 11.3 Å². The lowest BCUT2D eigenvalue weighted by atomic mass is 10.1. The fraction of sp³-hybridized carbons (Fsp3) is 0.636. The minimum Gasteiger partial charge on any atom is -0.478 e. The first-order chi connectivity index (χ1) is 7.54. The van der Waals surface area contributed by atoms with Gasteiger partial charge in [0.15, 0.2) is 11.9 Å². The van der Waals surface area contributed by atoms with Crippen LogP contribution in [0.15, 0.2) is 12.4 Å². The maximum absolute atomic E-state index is 10.9. The molecule has 0 saturated carbocycles. The zero-order valence-corrected chi connectivity index (χ0v) is 9.88. The smallest absolute Gasteiger partial charge is 0.345 e. The van der Waals surface area contributed by atoms with Crippen molar-refractivity contribution < 1.29 is 14.6 Å². The van der Waals surface area contributed by atoms with Gasteiger partial charge < -0.3 is 9.84 Å². The van der Waals surface area contributed by atoms with Crippen molar-refractivity contribution in [3.8, 4) is 5.75 Å². The summed E-state index contributed by atoms with van der Waals surface area (Å²) in [5.74, 6) is -0.514. The van der Waals surface area contributed by atoms with Gasteiger partial charge in [0.05, 0.1) is 12.4 Å². The molecular weight excluding hydrogens is 208 g/mol. The number of ether oxygens (including phenoxy) is 1. The number of aromatic nitrogens is 2. The molecule has 1 rings (SSSR count). The van der Waals surface area contributed by atoms with Crippen LogP contribution in [-0.4, -0.2) is 27.0 Å². The van der Waals surface area contributed by atoms with Crippen molar-refractivity contribution in [2.24, 2.45) is 5.92 Å². The van der Waals surface area contributed by atoms with Crippen LogP contribution < -0.4 is 4.74 Å². The standard InChI is InChI=1S/C11H18N2O3/c1-4-5-13-7-9(6-12-13)16-10(8(2)3)11(14)15/h6-8,10H,4-5H2,1-3H3,(H,14,15). The van der Waals surface area contributed by atoms with E-state index in [0.717, 1.165) is 13.0 Å². The van der Waals surface area contributed by atoms with Crippen molar-refractivity contribution in [2.75, 3.05) is 0 Å². The van der Waals surface area contributed by atoms with Crippen molar-refractivity contribution in [2.45, 2.75) is 39.8 Å². The normalized spacial score (nSPS) is 12.8. The highest BCUT2D eigenvalue weighted by Crippen LogP contribution is 2.15. The molecule has 5 heteroatoms. The van der Waals surface area contributed by atoms with E-state index in [1.165, 1.54) is 0 Å². The zero-order valence-electron chi connectivity index (χ0n) is 9.88. The third-order valence-electron chi connectivity index (χ3n) is 2.17. The Morgan fingerprint density at radius 1 is 1.62 bits per heavy atom. The molecule has 0 aromatic carbocycles. The van der Waals surface area contributed by atoms with E-state index in [1.807, 2.05) is 13.8 Å². The highest BCUT2D eigenvalue weighted by molar-refractivity contribution is 5.73. The highest BCUT2D eigenvalue weighted by atomic mass is 16.5. The first kappa shape index (κ1) is 12.5. The van der Waals surface area contributed by atoms with Crippen LogP contribution >= 0.6 is 0 Å². The topological polar surface area (TPSA) is 64.3 Å². The summed E-state index contributed by atoms with van der Waals surface area (Å²) < 4.78 is 7.13. The Morgan fingerprint density at radius 3 is 2.81 bits per heavy atom. The average molecular weight is 226 g/mol.